The number of carbonyl (C=O) groups excluding carboxylic acids is 2. The van der Waals surface area contributed by atoms with E-state index in [-0.39, 0.29) is 12.5 Å². The van der Waals surface area contributed by atoms with Gasteiger partial charge in [0, 0.05) is 6.54 Å². The van der Waals surface area contributed by atoms with Crippen molar-refractivity contribution in [3.8, 4) is 0 Å². The average Bonchev–Trinajstić information content (AvgIpc) is 2.73. The van der Waals surface area contributed by atoms with Crippen molar-refractivity contribution >= 4 is 17.8 Å². The molecule has 7 nitrogen and oxygen atoms in total. The van der Waals surface area contributed by atoms with Crippen LogP contribution in [0.1, 0.15) is 19.8 Å². The van der Waals surface area contributed by atoms with Crippen molar-refractivity contribution in [1.82, 2.24) is 10.2 Å². The first-order valence-electron chi connectivity index (χ1n) is 5.49. The molecular formula is C10H17N3O4. The summed E-state index contributed by atoms with van der Waals surface area (Å²) in [7, 11) is 0. The predicted octanol–water partition coefficient (Wildman–Crippen LogP) is -1.47. The van der Waals surface area contributed by atoms with E-state index in [1.165, 1.54) is 11.8 Å². The predicted molar refractivity (Wildman–Crippen MR) is 59.0 cm³/mol. The SMILES string of the molecule is C[C@H](N)C(=O)NCC(=O)N1CCC[C@@H]1C(=O)O. The van der Waals surface area contributed by atoms with Crippen LogP contribution in [0.2, 0.25) is 0 Å². The van der Waals surface area contributed by atoms with Crippen molar-refractivity contribution in [1.29, 1.82) is 0 Å². The fourth-order valence-electron chi connectivity index (χ4n) is 1.75. The first-order chi connectivity index (χ1) is 7.93. The van der Waals surface area contributed by atoms with Crippen LogP contribution in [0.25, 0.3) is 0 Å². The van der Waals surface area contributed by atoms with Gasteiger partial charge in [-0.25, -0.2) is 4.79 Å². The molecule has 0 aromatic heterocycles. The van der Waals surface area contributed by atoms with E-state index in [0.29, 0.717) is 19.4 Å². The maximum absolute atomic E-state index is 11.7. The van der Waals surface area contributed by atoms with Crippen molar-refractivity contribution in [2.45, 2.75) is 31.8 Å². The summed E-state index contributed by atoms with van der Waals surface area (Å²) in [5.41, 5.74) is 5.32. The van der Waals surface area contributed by atoms with Crippen molar-refractivity contribution < 1.29 is 19.5 Å². The Labute approximate surface area is 98.9 Å². The Morgan fingerprint density at radius 1 is 1.53 bits per heavy atom. The van der Waals surface area contributed by atoms with Gasteiger partial charge in [-0.05, 0) is 19.8 Å². The minimum absolute atomic E-state index is 0.204. The zero-order valence-corrected chi connectivity index (χ0v) is 9.68. The summed E-state index contributed by atoms with van der Waals surface area (Å²) in [6.45, 7) is 1.73. The van der Waals surface area contributed by atoms with E-state index >= 15 is 0 Å². The molecule has 1 saturated heterocycles. The molecule has 0 aliphatic carbocycles. The smallest absolute Gasteiger partial charge is 0.326 e. The molecule has 0 aromatic carbocycles. The maximum Gasteiger partial charge on any atom is 0.326 e. The third-order valence-electron chi connectivity index (χ3n) is 2.69. The van der Waals surface area contributed by atoms with Crippen LogP contribution in [0.3, 0.4) is 0 Å². The van der Waals surface area contributed by atoms with Gasteiger partial charge in [-0.1, -0.05) is 0 Å². The van der Waals surface area contributed by atoms with Gasteiger partial charge in [0.1, 0.15) is 6.04 Å². The number of nitrogens with two attached hydrogens (primary N) is 1. The summed E-state index contributed by atoms with van der Waals surface area (Å²) in [6, 6.07) is -1.45. The maximum atomic E-state index is 11.7. The number of amides is 2. The number of carboxylic acid groups (broad SMARTS) is 1. The molecule has 0 spiro atoms. The number of nitrogens with zero attached hydrogens (tertiary/aromatic N) is 1. The van der Waals surface area contributed by atoms with Gasteiger partial charge in [0.15, 0.2) is 0 Å². The standard InChI is InChI=1S/C10H17N3O4/c1-6(11)9(15)12-5-8(14)13-4-2-3-7(13)10(16)17/h6-7H,2-5,11H2,1H3,(H,12,15)(H,16,17)/t6-,7+/m0/s1. The van der Waals surface area contributed by atoms with Gasteiger partial charge in [0.05, 0.1) is 12.6 Å². The monoisotopic (exact) mass is 243 g/mol. The number of carbonyl (C=O) groups is 3. The van der Waals surface area contributed by atoms with Crippen molar-refractivity contribution in [3.05, 3.63) is 0 Å². The summed E-state index contributed by atoms with van der Waals surface area (Å²) in [5, 5.41) is 11.3. The molecule has 0 saturated carbocycles. The number of carboxylic acids is 1. The summed E-state index contributed by atoms with van der Waals surface area (Å²) < 4.78 is 0. The molecule has 1 aliphatic heterocycles. The molecule has 0 bridgehead atoms. The Bertz CT molecular complexity index is 330. The highest BCUT2D eigenvalue weighted by atomic mass is 16.4. The molecule has 7 heteroatoms. The van der Waals surface area contributed by atoms with E-state index in [1.807, 2.05) is 0 Å². The first kappa shape index (κ1) is 13.4. The molecule has 0 unspecified atom stereocenters. The highest BCUT2D eigenvalue weighted by molar-refractivity contribution is 5.89. The van der Waals surface area contributed by atoms with Crippen LogP contribution < -0.4 is 11.1 Å². The number of likely N-dealkylation sites (tertiary alicyclic amines) is 1. The number of aliphatic carboxylic acids is 1. The second kappa shape index (κ2) is 5.62. The Morgan fingerprint density at radius 2 is 2.18 bits per heavy atom. The normalized spacial score (nSPS) is 21.1. The van der Waals surface area contributed by atoms with Crippen LogP contribution in [0.5, 0.6) is 0 Å². The van der Waals surface area contributed by atoms with Crippen LogP contribution in [0.15, 0.2) is 0 Å². The van der Waals surface area contributed by atoms with Gasteiger partial charge in [0.25, 0.3) is 0 Å². The van der Waals surface area contributed by atoms with Crippen LogP contribution in [0, 0.1) is 0 Å². The molecule has 1 rings (SSSR count). The molecule has 17 heavy (non-hydrogen) atoms. The van der Waals surface area contributed by atoms with Gasteiger partial charge >= 0.3 is 5.97 Å². The molecule has 1 heterocycles. The summed E-state index contributed by atoms with van der Waals surface area (Å²) >= 11 is 0. The van der Waals surface area contributed by atoms with E-state index in [2.05, 4.69) is 5.32 Å². The summed E-state index contributed by atoms with van der Waals surface area (Å²) in [6.07, 6.45) is 1.13. The highest BCUT2D eigenvalue weighted by Crippen LogP contribution is 2.17. The zero-order valence-electron chi connectivity index (χ0n) is 9.68. The van der Waals surface area contributed by atoms with Gasteiger partial charge in [0.2, 0.25) is 11.8 Å². The second-order valence-corrected chi connectivity index (χ2v) is 4.09. The average molecular weight is 243 g/mol. The molecular weight excluding hydrogens is 226 g/mol. The molecule has 0 aromatic rings. The quantitative estimate of drug-likeness (QED) is 0.557. The lowest BCUT2D eigenvalue weighted by molar-refractivity contribution is -0.148. The highest BCUT2D eigenvalue weighted by Gasteiger charge is 2.33. The van der Waals surface area contributed by atoms with Gasteiger partial charge in [-0.3, -0.25) is 9.59 Å². The molecule has 1 fully saturated rings. The van der Waals surface area contributed by atoms with E-state index in [0.717, 1.165) is 0 Å². The van der Waals surface area contributed by atoms with Gasteiger partial charge < -0.3 is 21.1 Å². The third-order valence-corrected chi connectivity index (χ3v) is 2.69. The number of rotatable bonds is 4. The van der Waals surface area contributed by atoms with Crippen molar-refractivity contribution in [3.63, 3.8) is 0 Å². The van der Waals surface area contributed by atoms with Crippen LogP contribution in [-0.2, 0) is 14.4 Å². The Morgan fingerprint density at radius 3 is 2.71 bits per heavy atom. The minimum atomic E-state index is -1.01. The largest absolute Gasteiger partial charge is 0.480 e. The molecule has 1 aliphatic rings. The molecule has 2 atom stereocenters. The van der Waals surface area contributed by atoms with E-state index in [4.69, 9.17) is 10.8 Å². The van der Waals surface area contributed by atoms with Crippen LogP contribution in [-0.4, -0.2) is 53.0 Å². The Balaban J connectivity index is 2.47. The lowest BCUT2D eigenvalue weighted by atomic mass is 10.2. The molecule has 0 radical (unpaired) electrons. The lowest BCUT2D eigenvalue weighted by Crippen LogP contribution is -2.47. The summed E-state index contributed by atoms with van der Waals surface area (Å²) in [5.74, 6) is -1.82. The zero-order chi connectivity index (χ0) is 13.0. The lowest BCUT2D eigenvalue weighted by Gasteiger charge is -2.21. The summed E-state index contributed by atoms with van der Waals surface area (Å²) in [4.78, 5) is 35.0. The first-order valence-corrected chi connectivity index (χ1v) is 5.49. The Kier molecular flexibility index (Phi) is 4.45. The minimum Gasteiger partial charge on any atom is -0.480 e. The number of hydrogen-bond donors (Lipinski definition) is 3. The van der Waals surface area contributed by atoms with E-state index in [9.17, 15) is 14.4 Å². The van der Waals surface area contributed by atoms with Crippen LogP contribution >= 0.6 is 0 Å². The molecule has 96 valence electrons. The Hall–Kier alpha value is -1.63. The fourth-order valence-corrected chi connectivity index (χ4v) is 1.75. The van der Waals surface area contributed by atoms with E-state index in [1.54, 1.807) is 0 Å². The number of hydrogen-bond acceptors (Lipinski definition) is 4. The molecule has 4 N–H and O–H groups in total. The molecule has 2 amide bonds. The second-order valence-electron chi connectivity index (χ2n) is 4.09. The number of nitrogens with one attached hydrogen (secondary N) is 1. The van der Waals surface area contributed by atoms with Crippen LogP contribution in [0.4, 0.5) is 0 Å². The topological polar surface area (TPSA) is 113 Å². The third kappa shape index (κ3) is 3.42. The van der Waals surface area contributed by atoms with Gasteiger partial charge in [-0.15, -0.1) is 0 Å². The van der Waals surface area contributed by atoms with E-state index < -0.39 is 24.0 Å². The van der Waals surface area contributed by atoms with Crippen molar-refractivity contribution in [2.24, 2.45) is 5.73 Å². The van der Waals surface area contributed by atoms with Gasteiger partial charge in [-0.2, -0.15) is 0 Å². The van der Waals surface area contributed by atoms with Crippen molar-refractivity contribution in [2.75, 3.05) is 13.1 Å². The fraction of sp³-hybridized carbons (Fsp3) is 0.700.